The number of nitrogens with zero attached hydrogens (tertiary/aromatic N) is 1. The summed E-state index contributed by atoms with van der Waals surface area (Å²) in [5.41, 5.74) is 1.70. The van der Waals surface area contributed by atoms with Gasteiger partial charge in [-0.3, -0.25) is 9.69 Å². The van der Waals surface area contributed by atoms with E-state index in [2.05, 4.69) is 16.7 Å². The van der Waals surface area contributed by atoms with Gasteiger partial charge < -0.3 is 9.47 Å². The highest BCUT2D eigenvalue weighted by Crippen LogP contribution is 2.29. The zero-order valence-corrected chi connectivity index (χ0v) is 15.9. The summed E-state index contributed by atoms with van der Waals surface area (Å²) in [5, 5.41) is 0. The molecule has 1 heterocycles. The van der Waals surface area contributed by atoms with E-state index in [9.17, 15) is 4.79 Å². The van der Waals surface area contributed by atoms with Crippen molar-refractivity contribution in [2.24, 2.45) is 5.92 Å². The third kappa shape index (κ3) is 4.90. The van der Waals surface area contributed by atoms with Crippen LogP contribution < -0.4 is 9.47 Å². The van der Waals surface area contributed by atoms with Crippen LogP contribution in [0.3, 0.4) is 0 Å². The molecule has 1 atom stereocenters. The Labute approximate surface area is 161 Å². The highest BCUT2D eigenvalue weighted by molar-refractivity contribution is 5.98. The fourth-order valence-corrected chi connectivity index (χ4v) is 3.41. The van der Waals surface area contributed by atoms with Crippen LogP contribution in [0.1, 0.15) is 28.8 Å². The lowest BCUT2D eigenvalue weighted by Gasteiger charge is -2.30. The minimum Gasteiger partial charge on any atom is -0.493 e. The first-order valence-corrected chi connectivity index (χ1v) is 9.23. The summed E-state index contributed by atoms with van der Waals surface area (Å²) < 4.78 is 10.6. The number of Topliss-reactive ketones (excluding diaryl/α,β-unsaturated/α-hetero) is 1. The maximum atomic E-state index is 12.9. The molecule has 4 heteroatoms. The second-order valence-electron chi connectivity index (χ2n) is 6.68. The van der Waals surface area contributed by atoms with Crippen LogP contribution in [0.5, 0.6) is 11.5 Å². The van der Waals surface area contributed by atoms with Crippen molar-refractivity contribution in [2.45, 2.75) is 12.8 Å². The number of carbonyl (C=O) groups is 1. The maximum Gasteiger partial charge on any atom is 0.167 e. The molecule has 0 amide bonds. The Morgan fingerprint density at radius 1 is 1.11 bits per heavy atom. The molecule has 4 nitrogen and oxygen atoms in total. The van der Waals surface area contributed by atoms with Gasteiger partial charge in [-0.1, -0.05) is 30.0 Å². The molecule has 0 bridgehead atoms. The SMILES string of the molecule is COc1ccc(C(=O)[C@H]2CCCN(CC#Cc3ccccc3)C2)cc1OC. The summed E-state index contributed by atoms with van der Waals surface area (Å²) >= 11 is 0. The number of ketones is 1. The van der Waals surface area contributed by atoms with E-state index in [1.54, 1.807) is 26.4 Å². The fraction of sp³-hybridized carbons (Fsp3) is 0.348. The van der Waals surface area contributed by atoms with Crippen LogP contribution in [0.15, 0.2) is 48.5 Å². The lowest BCUT2D eigenvalue weighted by molar-refractivity contribution is 0.0833. The van der Waals surface area contributed by atoms with Crippen molar-refractivity contribution in [2.75, 3.05) is 33.9 Å². The number of likely N-dealkylation sites (tertiary alicyclic amines) is 1. The number of rotatable bonds is 5. The Kier molecular flexibility index (Phi) is 6.51. The molecular formula is C23H25NO3. The van der Waals surface area contributed by atoms with Crippen molar-refractivity contribution in [3.8, 4) is 23.3 Å². The van der Waals surface area contributed by atoms with E-state index in [1.165, 1.54) is 0 Å². The molecule has 27 heavy (non-hydrogen) atoms. The van der Waals surface area contributed by atoms with E-state index in [0.29, 0.717) is 23.6 Å². The van der Waals surface area contributed by atoms with Crippen molar-refractivity contribution in [3.05, 3.63) is 59.7 Å². The topological polar surface area (TPSA) is 38.8 Å². The molecule has 0 unspecified atom stereocenters. The van der Waals surface area contributed by atoms with Crippen LogP contribution in [-0.2, 0) is 0 Å². The van der Waals surface area contributed by atoms with Gasteiger partial charge in [-0.2, -0.15) is 0 Å². The van der Waals surface area contributed by atoms with Gasteiger partial charge in [0.2, 0.25) is 0 Å². The number of benzene rings is 2. The molecule has 0 radical (unpaired) electrons. The highest BCUT2D eigenvalue weighted by atomic mass is 16.5. The Morgan fingerprint density at radius 3 is 2.63 bits per heavy atom. The van der Waals surface area contributed by atoms with E-state index in [1.807, 2.05) is 36.4 Å². The smallest absolute Gasteiger partial charge is 0.167 e. The summed E-state index contributed by atoms with van der Waals surface area (Å²) in [6, 6.07) is 15.4. The van der Waals surface area contributed by atoms with Gasteiger partial charge in [-0.25, -0.2) is 0 Å². The molecule has 0 aromatic heterocycles. The quantitative estimate of drug-likeness (QED) is 0.600. The van der Waals surface area contributed by atoms with Crippen LogP contribution in [0.4, 0.5) is 0 Å². The Hall–Kier alpha value is -2.77. The Morgan fingerprint density at radius 2 is 1.89 bits per heavy atom. The number of hydrogen-bond donors (Lipinski definition) is 0. The van der Waals surface area contributed by atoms with Gasteiger partial charge in [-0.15, -0.1) is 0 Å². The van der Waals surface area contributed by atoms with Gasteiger partial charge >= 0.3 is 0 Å². The first kappa shape index (κ1) is 19.0. The van der Waals surface area contributed by atoms with Gasteiger partial charge in [-0.05, 0) is 49.7 Å². The minimum atomic E-state index is -0.00428. The van der Waals surface area contributed by atoms with Gasteiger partial charge in [0.1, 0.15) is 0 Å². The van der Waals surface area contributed by atoms with Gasteiger partial charge in [0, 0.05) is 23.6 Å². The highest BCUT2D eigenvalue weighted by Gasteiger charge is 2.26. The molecule has 2 aromatic rings. The number of carbonyl (C=O) groups excluding carboxylic acids is 1. The van der Waals surface area contributed by atoms with E-state index in [0.717, 1.165) is 31.5 Å². The number of methoxy groups -OCH3 is 2. The zero-order chi connectivity index (χ0) is 19.1. The van der Waals surface area contributed by atoms with E-state index < -0.39 is 0 Å². The Balaban J connectivity index is 1.64. The predicted molar refractivity (Wildman–Crippen MR) is 106 cm³/mol. The second kappa shape index (κ2) is 9.25. The van der Waals surface area contributed by atoms with Crippen molar-refractivity contribution < 1.29 is 14.3 Å². The van der Waals surface area contributed by atoms with Gasteiger partial charge in [0.25, 0.3) is 0 Å². The van der Waals surface area contributed by atoms with Crippen LogP contribution in [0, 0.1) is 17.8 Å². The average molecular weight is 363 g/mol. The van der Waals surface area contributed by atoms with Crippen molar-refractivity contribution >= 4 is 5.78 Å². The van der Waals surface area contributed by atoms with Crippen molar-refractivity contribution in [1.82, 2.24) is 4.90 Å². The average Bonchev–Trinajstić information content (AvgIpc) is 2.73. The van der Waals surface area contributed by atoms with Crippen LogP contribution in [0.25, 0.3) is 0 Å². The number of ether oxygens (including phenoxy) is 2. The summed E-state index contributed by atoms with van der Waals surface area (Å²) in [6.45, 7) is 2.42. The molecule has 2 aromatic carbocycles. The first-order chi connectivity index (χ1) is 13.2. The van der Waals surface area contributed by atoms with Gasteiger partial charge in [0.05, 0.1) is 20.8 Å². The zero-order valence-electron chi connectivity index (χ0n) is 15.9. The number of hydrogen-bond acceptors (Lipinski definition) is 4. The summed E-state index contributed by atoms with van der Waals surface area (Å²) in [6.07, 6.45) is 1.92. The number of piperidine rings is 1. The third-order valence-electron chi connectivity index (χ3n) is 4.85. The van der Waals surface area contributed by atoms with E-state index in [4.69, 9.17) is 9.47 Å². The summed E-state index contributed by atoms with van der Waals surface area (Å²) in [7, 11) is 3.18. The standard InChI is InChI=1S/C23H25NO3/c1-26-21-13-12-19(16-22(21)27-2)23(25)20-11-7-15-24(17-20)14-6-10-18-8-4-3-5-9-18/h3-5,8-9,12-13,16,20H,7,11,14-15,17H2,1-2H3/t20-/m0/s1. The Bertz CT molecular complexity index is 836. The van der Waals surface area contributed by atoms with Crippen LogP contribution >= 0.6 is 0 Å². The lowest BCUT2D eigenvalue weighted by Crippen LogP contribution is -2.38. The predicted octanol–water partition coefficient (Wildman–Crippen LogP) is 3.65. The minimum absolute atomic E-state index is 0.00428. The van der Waals surface area contributed by atoms with Crippen molar-refractivity contribution in [1.29, 1.82) is 0 Å². The molecule has 0 aliphatic carbocycles. The van der Waals surface area contributed by atoms with Crippen LogP contribution in [-0.4, -0.2) is 44.5 Å². The molecule has 140 valence electrons. The normalized spacial score (nSPS) is 16.9. The first-order valence-electron chi connectivity index (χ1n) is 9.23. The molecule has 1 saturated heterocycles. The largest absolute Gasteiger partial charge is 0.493 e. The van der Waals surface area contributed by atoms with E-state index >= 15 is 0 Å². The molecule has 3 rings (SSSR count). The molecule has 0 N–H and O–H groups in total. The molecule has 0 spiro atoms. The second-order valence-corrected chi connectivity index (χ2v) is 6.68. The molecular weight excluding hydrogens is 338 g/mol. The fourth-order valence-electron chi connectivity index (χ4n) is 3.41. The lowest BCUT2D eigenvalue weighted by atomic mass is 9.90. The molecule has 1 aliphatic rings. The van der Waals surface area contributed by atoms with E-state index in [-0.39, 0.29) is 11.7 Å². The van der Waals surface area contributed by atoms with Crippen LogP contribution in [0.2, 0.25) is 0 Å². The van der Waals surface area contributed by atoms with Gasteiger partial charge in [0.15, 0.2) is 17.3 Å². The molecule has 0 saturated carbocycles. The molecule has 1 aliphatic heterocycles. The molecule has 1 fully saturated rings. The maximum absolute atomic E-state index is 12.9. The third-order valence-corrected chi connectivity index (χ3v) is 4.85. The summed E-state index contributed by atoms with van der Waals surface area (Å²) in [4.78, 5) is 15.2. The summed E-state index contributed by atoms with van der Waals surface area (Å²) in [5.74, 6) is 7.80. The monoisotopic (exact) mass is 363 g/mol. The van der Waals surface area contributed by atoms with Crippen molar-refractivity contribution in [3.63, 3.8) is 0 Å².